The van der Waals surface area contributed by atoms with Crippen molar-refractivity contribution in [1.29, 1.82) is 0 Å². The fourth-order valence-corrected chi connectivity index (χ4v) is 2.93. The maximum absolute atomic E-state index is 12.0. The van der Waals surface area contributed by atoms with Crippen LogP contribution in [0.1, 0.15) is 16.9 Å². The summed E-state index contributed by atoms with van der Waals surface area (Å²) < 4.78 is 5.11. The molecule has 0 saturated heterocycles. The molecule has 6 heteroatoms. The molecule has 6 nitrogen and oxygen atoms in total. The minimum Gasteiger partial charge on any atom is -0.467 e. The minimum absolute atomic E-state index is 0.140. The number of rotatable bonds is 3. The summed E-state index contributed by atoms with van der Waals surface area (Å²) in [6.07, 6.45) is 1.50. The highest BCUT2D eigenvalue weighted by atomic mass is 16.3. The minimum atomic E-state index is -0.828. The molecule has 1 heterocycles. The van der Waals surface area contributed by atoms with E-state index in [0.29, 0.717) is 11.5 Å². The number of fused-ring (bicyclic) bond motifs is 3. The van der Waals surface area contributed by atoms with E-state index in [-0.39, 0.29) is 6.54 Å². The summed E-state index contributed by atoms with van der Waals surface area (Å²) in [7, 11) is 0. The third kappa shape index (κ3) is 2.88. The van der Waals surface area contributed by atoms with Gasteiger partial charge in [0.25, 0.3) is 0 Å². The molecule has 0 saturated carbocycles. The average molecular weight is 345 g/mol. The van der Waals surface area contributed by atoms with Crippen molar-refractivity contribution in [3.05, 3.63) is 83.8 Å². The van der Waals surface area contributed by atoms with Crippen LogP contribution in [-0.2, 0) is 16.1 Å². The number of amides is 2. The van der Waals surface area contributed by atoms with Gasteiger partial charge in [-0.3, -0.25) is 9.59 Å². The first-order valence-corrected chi connectivity index (χ1v) is 8.11. The molecule has 0 bridgehead atoms. The summed E-state index contributed by atoms with van der Waals surface area (Å²) in [4.78, 5) is 23.9. The Kier molecular flexibility index (Phi) is 4.07. The number of carbonyl (C=O) groups is 2. The lowest BCUT2D eigenvalue weighted by Crippen LogP contribution is -2.37. The lowest BCUT2D eigenvalue weighted by Gasteiger charge is -2.04. The maximum atomic E-state index is 12.0. The molecule has 1 aliphatic rings. The topological polar surface area (TPSA) is 83.7 Å². The molecule has 0 spiro atoms. The Balaban J connectivity index is 1.51. The molecule has 2 amide bonds. The second-order valence-electron chi connectivity index (χ2n) is 5.75. The van der Waals surface area contributed by atoms with E-state index in [2.05, 4.69) is 15.8 Å². The van der Waals surface area contributed by atoms with Crippen molar-refractivity contribution in [2.24, 2.45) is 5.10 Å². The molecule has 26 heavy (non-hydrogen) atoms. The zero-order chi connectivity index (χ0) is 17.9. The van der Waals surface area contributed by atoms with E-state index in [1.54, 1.807) is 12.1 Å². The summed E-state index contributed by atoms with van der Waals surface area (Å²) in [5.41, 5.74) is 6.94. The van der Waals surface area contributed by atoms with E-state index in [0.717, 1.165) is 22.3 Å². The van der Waals surface area contributed by atoms with Crippen molar-refractivity contribution in [3.8, 4) is 11.1 Å². The van der Waals surface area contributed by atoms with Crippen LogP contribution in [-0.4, -0.2) is 17.5 Å². The molecule has 0 atom stereocenters. The molecule has 3 aromatic rings. The van der Waals surface area contributed by atoms with E-state index in [1.165, 1.54) is 6.26 Å². The quantitative estimate of drug-likeness (QED) is 0.442. The summed E-state index contributed by atoms with van der Waals surface area (Å²) in [5, 5.41) is 6.69. The van der Waals surface area contributed by atoms with Crippen molar-refractivity contribution >= 4 is 17.5 Å². The molecule has 128 valence electrons. The fraction of sp³-hybridized carbons (Fsp3) is 0.0500. The third-order valence-corrected chi connectivity index (χ3v) is 4.13. The highest BCUT2D eigenvalue weighted by Gasteiger charge is 2.24. The Labute approximate surface area is 149 Å². The largest absolute Gasteiger partial charge is 0.467 e. The van der Waals surface area contributed by atoms with Gasteiger partial charge in [0.2, 0.25) is 0 Å². The van der Waals surface area contributed by atoms with E-state index in [9.17, 15) is 9.59 Å². The van der Waals surface area contributed by atoms with Gasteiger partial charge in [-0.25, -0.2) is 5.43 Å². The number of hydrogen-bond donors (Lipinski definition) is 2. The second kappa shape index (κ2) is 6.68. The standard InChI is InChI=1S/C20H15N3O3/c24-19(21-12-13-6-5-11-26-13)20(25)23-22-18-16-9-3-1-7-14(16)15-8-2-4-10-17(15)18/h1-11H,12H2,(H,21,24)(H,23,25). The number of carbonyl (C=O) groups excluding carboxylic acids is 2. The lowest BCUT2D eigenvalue weighted by atomic mass is 10.1. The van der Waals surface area contributed by atoms with Crippen LogP contribution in [0.3, 0.4) is 0 Å². The van der Waals surface area contributed by atoms with Crippen molar-refractivity contribution in [3.63, 3.8) is 0 Å². The highest BCUT2D eigenvalue weighted by Crippen LogP contribution is 2.36. The second-order valence-corrected chi connectivity index (χ2v) is 5.75. The van der Waals surface area contributed by atoms with Gasteiger partial charge >= 0.3 is 11.8 Å². The summed E-state index contributed by atoms with van der Waals surface area (Å²) in [6, 6.07) is 19.1. The lowest BCUT2D eigenvalue weighted by molar-refractivity contribution is -0.139. The Bertz CT molecular complexity index is 959. The molecule has 0 aliphatic heterocycles. The highest BCUT2D eigenvalue weighted by molar-refractivity contribution is 6.35. The van der Waals surface area contributed by atoms with Gasteiger partial charge in [-0.1, -0.05) is 48.5 Å². The normalized spacial score (nSPS) is 11.5. The number of nitrogens with one attached hydrogen (secondary N) is 2. The van der Waals surface area contributed by atoms with E-state index < -0.39 is 11.8 Å². The Morgan fingerprint density at radius 3 is 2.00 bits per heavy atom. The van der Waals surface area contributed by atoms with E-state index in [1.807, 2.05) is 48.5 Å². The van der Waals surface area contributed by atoms with Gasteiger partial charge in [0.15, 0.2) is 0 Å². The van der Waals surface area contributed by atoms with Gasteiger partial charge in [-0.2, -0.15) is 5.10 Å². The Hall–Kier alpha value is -3.67. The van der Waals surface area contributed by atoms with Gasteiger partial charge in [0, 0.05) is 11.1 Å². The zero-order valence-corrected chi connectivity index (χ0v) is 13.7. The van der Waals surface area contributed by atoms with Crippen LogP contribution < -0.4 is 10.7 Å². The molecular weight excluding hydrogens is 330 g/mol. The van der Waals surface area contributed by atoms with Gasteiger partial charge in [-0.15, -0.1) is 0 Å². The SMILES string of the molecule is O=C(NCc1ccco1)C(=O)NN=C1c2ccccc2-c2ccccc21. The summed E-state index contributed by atoms with van der Waals surface area (Å²) >= 11 is 0. The molecule has 2 aromatic carbocycles. The van der Waals surface area contributed by atoms with Gasteiger partial charge in [-0.05, 0) is 23.3 Å². The third-order valence-electron chi connectivity index (χ3n) is 4.13. The fourth-order valence-electron chi connectivity index (χ4n) is 2.93. The smallest absolute Gasteiger partial charge is 0.329 e. The summed E-state index contributed by atoms with van der Waals surface area (Å²) in [5.74, 6) is -1.03. The van der Waals surface area contributed by atoms with Crippen LogP contribution in [0.25, 0.3) is 11.1 Å². The van der Waals surface area contributed by atoms with Crippen LogP contribution in [0.4, 0.5) is 0 Å². The molecule has 2 N–H and O–H groups in total. The van der Waals surface area contributed by atoms with Crippen LogP contribution in [0.2, 0.25) is 0 Å². The van der Waals surface area contributed by atoms with Crippen molar-refractivity contribution in [2.75, 3.05) is 0 Å². The van der Waals surface area contributed by atoms with E-state index >= 15 is 0 Å². The van der Waals surface area contributed by atoms with Gasteiger partial charge < -0.3 is 9.73 Å². The molecule has 0 fully saturated rings. The monoisotopic (exact) mass is 345 g/mol. The van der Waals surface area contributed by atoms with Crippen molar-refractivity contribution in [1.82, 2.24) is 10.7 Å². The zero-order valence-electron chi connectivity index (χ0n) is 13.7. The number of hydrazone groups is 1. The first-order valence-electron chi connectivity index (χ1n) is 8.11. The first-order chi connectivity index (χ1) is 12.7. The molecule has 0 unspecified atom stereocenters. The molecular formula is C20H15N3O3. The van der Waals surface area contributed by atoms with Gasteiger partial charge in [0.1, 0.15) is 5.76 Å². The Morgan fingerprint density at radius 2 is 1.42 bits per heavy atom. The number of nitrogens with zero attached hydrogens (tertiary/aromatic N) is 1. The van der Waals surface area contributed by atoms with Crippen LogP contribution in [0.15, 0.2) is 76.4 Å². The predicted octanol–water partition coefficient (Wildman–Crippen LogP) is 2.45. The van der Waals surface area contributed by atoms with Crippen LogP contribution >= 0.6 is 0 Å². The molecule has 0 radical (unpaired) electrons. The first kappa shape index (κ1) is 15.8. The summed E-state index contributed by atoms with van der Waals surface area (Å²) in [6.45, 7) is 0.140. The van der Waals surface area contributed by atoms with Gasteiger partial charge in [0.05, 0.1) is 18.5 Å². The number of furan rings is 1. The molecule has 4 rings (SSSR count). The van der Waals surface area contributed by atoms with Crippen molar-refractivity contribution in [2.45, 2.75) is 6.54 Å². The maximum Gasteiger partial charge on any atom is 0.329 e. The van der Waals surface area contributed by atoms with Crippen molar-refractivity contribution < 1.29 is 14.0 Å². The number of benzene rings is 2. The van der Waals surface area contributed by atoms with E-state index in [4.69, 9.17) is 4.42 Å². The molecule has 1 aliphatic carbocycles. The average Bonchev–Trinajstić information content (AvgIpc) is 3.30. The van der Waals surface area contributed by atoms with Crippen LogP contribution in [0, 0.1) is 0 Å². The Morgan fingerprint density at radius 1 is 0.808 bits per heavy atom. The predicted molar refractivity (Wildman–Crippen MR) is 96.2 cm³/mol. The van der Waals surface area contributed by atoms with Crippen LogP contribution in [0.5, 0.6) is 0 Å². The number of hydrogen-bond acceptors (Lipinski definition) is 4. The molecule has 1 aromatic heterocycles.